The lowest BCUT2D eigenvalue weighted by Gasteiger charge is -1.70. The maximum absolute atomic E-state index is 8.13. The zero-order valence-corrected chi connectivity index (χ0v) is 4.60. The van der Waals surface area contributed by atoms with Crippen LogP contribution in [0.2, 0.25) is 0 Å². The van der Waals surface area contributed by atoms with E-state index in [0.29, 0.717) is 0 Å². The van der Waals surface area contributed by atoms with E-state index in [4.69, 9.17) is 16.7 Å². The normalized spacial score (nSPS) is 11.7. The van der Waals surface area contributed by atoms with Gasteiger partial charge in [-0.05, 0) is 0 Å². The molecular weight excluding hydrogens is 112 g/mol. The molecule has 2 heteroatoms. The predicted molar refractivity (Wildman–Crippen MR) is 31.2 cm³/mol. The fourth-order valence-electron chi connectivity index (χ4n) is 0.181. The Kier molecular flexibility index (Phi) is 5.51. The molecule has 1 N–H and O–H groups in total. The van der Waals surface area contributed by atoms with Gasteiger partial charge in [0.1, 0.15) is 0 Å². The second-order valence-electron chi connectivity index (χ2n) is 0.929. The van der Waals surface area contributed by atoms with Gasteiger partial charge in [0.15, 0.2) is 0 Å². The van der Waals surface area contributed by atoms with Gasteiger partial charge in [-0.2, -0.15) is 0 Å². The Labute approximate surface area is 47.9 Å². The average Bonchev–Trinajstić information content (AvgIpc) is 1.69. The Balaban J connectivity index is 3.09. The van der Waals surface area contributed by atoms with E-state index in [2.05, 4.69) is 0 Å². The first kappa shape index (κ1) is 6.73. The maximum Gasteiger partial charge on any atom is 0.0615 e. The van der Waals surface area contributed by atoms with Crippen LogP contribution in [-0.2, 0) is 0 Å². The summed E-state index contributed by atoms with van der Waals surface area (Å²) in [6.07, 6.45) is 4.91. The number of allylic oxidation sites excluding steroid dienone is 2. The van der Waals surface area contributed by atoms with Crippen molar-refractivity contribution < 1.29 is 5.11 Å². The standard InChI is InChI=1S/C5H7ClO/c6-4-2-1-3-5-7/h1-4,7H,5H2/b3-1+,4-2+. The third-order valence-electron chi connectivity index (χ3n) is 0.425. The van der Waals surface area contributed by atoms with Crippen LogP contribution in [0, 0.1) is 0 Å². The van der Waals surface area contributed by atoms with Gasteiger partial charge in [0.2, 0.25) is 0 Å². The van der Waals surface area contributed by atoms with E-state index < -0.39 is 0 Å². The van der Waals surface area contributed by atoms with Crippen LogP contribution in [0.25, 0.3) is 0 Å². The van der Waals surface area contributed by atoms with E-state index >= 15 is 0 Å². The molecule has 0 heterocycles. The molecule has 0 aromatic heterocycles. The van der Waals surface area contributed by atoms with Gasteiger partial charge in [-0.15, -0.1) is 0 Å². The van der Waals surface area contributed by atoms with Gasteiger partial charge >= 0.3 is 0 Å². The highest BCUT2D eigenvalue weighted by Crippen LogP contribution is 1.78. The van der Waals surface area contributed by atoms with E-state index in [1.807, 2.05) is 0 Å². The second-order valence-corrected chi connectivity index (χ2v) is 1.18. The third kappa shape index (κ3) is 5.73. The first-order chi connectivity index (χ1) is 3.41. The SMILES string of the molecule is OC/C=C/C=C/Cl. The van der Waals surface area contributed by atoms with Crippen LogP contribution >= 0.6 is 11.6 Å². The van der Waals surface area contributed by atoms with Gasteiger partial charge in [0.25, 0.3) is 0 Å². The molecule has 1 nitrogen and oxygen atoms in total. The fraction of sp³-hybridized carbons (Fsp3) is 0.200. The molecule has 0 amide bonds. The van der Waals surface area contributed by atoms with E-state index in [0.717, 1.165) is 0 Å². The van der Waals surface area contributed by atoms with Crippen molar-refractivity contribution in [2.24, 2.45) is 0 Å². The quantitative estimate of drug-likeness (QED) is 0.542. The van der Waals surface area contributed by atoms with E-state index in [1.165, 1.54) is 5.54 Å². The maximum atomic E-state index is 8.13. The Morgan fingerprint density at radius 3 is 2.57 bits per heavy atom. The van der Waals surface area contributed by atoms with E-state index in [1.54, 1.807) is 18.2 Å². The van der Waals surface area contributed by atoms with Crippen LogP contribution in [0.5, 0.6) is 0 Å². The molecule has 7 heavy (non-hydrogen) atoms. The highest BCUT2D eigenvalue weighted by molar-refractivity contribution is 6.25. The number of halogens is 1. The van der Waals surface area contributed by atoms with Crippen molar-refractivity contribution >= 4 is 11.6 Å². The molecular formula is C5H7ClO. The molecule has 0 atom stereocenters. The van der Waals surface area contributed by atoms with Gasteiger partial charge in [-0.3, -0.25) is 0 Å². The molecule has 0 saturated heterocycles. The lowest BCUT2D eigenvalue weighted by molar-refractivity contribution is 0.343. The highest BCUT2D eigenvalue weighted by Gasteiger charge is 1.59. The summed E-state index contributed by atoms with van der Waals surface area (Å²) in [6.45, 7) is 0.0707. The van der Waals surface area contributed by atoms with E-state index in [-0.39, 0.29) is 6.61 Å². The number of hydrogen-bond acceptors (Lipinski definition) is 1. The molecule has 40 valence electrons. The van der Waals surface area contributed by atoms with Crippen LogP contribution in [0.15, 0.2) is 23.8 Å². The largest absolute Gasteiger partial charge is 0.392 e. The first-order valence-corrected chi connectivity index (χ1v) is 2.38. The molecule has 0 bridgehead atoms. The summed E-state index contributed by atoms with van der Waals surface area (Å²) in [6, 6.07) is 0. The third-order valence-corrected chi connectivity index (χ3v) is 0.571. The molecule has 0 unspecified atom stereocenters. The Morgan fingerprint density at radius 2 is 2.14 bits per heavy atom. The molecule has 0 aliphatic rings. The minimum Gasteiger partial charge on any atom is -0.392 e. The number of hydrogen-bond donors (Lipinski definition) is 1. The lowest BCUT2D eigenvalue weighted by Crippen LogP contribution is -1.66. The number of aliphatic hydroxyl groups is 1. The van der Waals surface area contributed by atoms with Crippen molar-refractivity contribution in [3.63, 3.8) is 0 Å². The molecule has 0 fully saturated rings. The Morgan fingerprint density at radius 1 is 1.43 bits per heavy atom. The average molecular weight is 119 g/mol. The molecule has 0 aromatic carbocycles. The Hall–Kier alpha value is -0.270. The summed E-state index contributed by atoms with van der Waals surface area (Å²) < 4.78 is 0. The van der Waals surface area contributed by atoms with Crippen molar-refractivity contribution in [2.45, 2.75) is 0 Å². The van der Waals surface area contributed by atoms with Crippen LogP contribution in [0.3, 0.4) is 0 Å². The number of rotatable bonds is 2. The molecule has 0 radical (unpaired) electrons. The molecule has 0 spiro atoms. The van der Waals surface area contributed by atoms with Crippen LogP contribution in [0.1, 0.15) is 0 Å². The molecule has 0 saturated carbocycles. The van der Waals surface area contributed by atoms with E-state index in [9.17, 15) is 0 Å². The summed E-state index contributed by atoms with van der Waals surface area (Å²) in [4.78, 5) is 0. The lowest BCUT2D eigenvalue weighted by atomic mass is 10.5. The topological polar surface area (TPSA) is 20.2 Å². The van der Waals surface area contributed by atoms with Crippen LogP contribution < -0.4 is 0 Å². The van der Waals surface area contributed by atoms with Gasteiger partial charge in [0, 0.05) is 5.54 Å². The van der Waals surface area contributed by atoms with Crippen molar-refractivity contribution in [1.29, 1.82) is 0 Å². The van der Waals surface area contributed by atoms with Crippen molar-refractivity contribution in [2.75, 3.05) is 6.61 Å². The second kappa shape index (κ2) is 5.73. The summed E-state index contributed by atoms with van der Waals surface area (Å²) >= 11 is 5.12. The molecule has 0 aromatic rings. The molecule has 0 rings (SSSR count). The van der Waals surface area contributed by atoms with Crippen LogP contribution in [0.4, 0.5) is 0 Å². The Bertz CT molecular complexity index is 76.1. The first-order valence-electron chi connectivity index (χ1n) is 1.94. The monoisotopic (exact) mass is 118 g/mol. The van der Waals surface area contributed by atoms with Crippen LogP contribution in [-0.4, -0.2) is 11.7 Å². The van der Waals surface area contributed by atoms with Gasteiger partial charge < -0.3 is 5.11 Å². The van der Waals surface area contributed by atoms with Gasteiger partial charge in [-0.1, -0.05) is 29.8 Å². The summed E-state index contributed by atoms with van der Waals surface area (Å²) in [7, 11) is 0. The zero-order valence-electron chi connectivity index (χ0n) is 3.84. The van der Waals surface area contributed by atoms with Gasteiger partial charge in [-0.25, -0.2) is 0 Å². The summed E-state index contributed by atoms with van der Waals surface area (Å²) in [5, 5.41) is 8.13. The minimum atomic E-state index is 0.0707. The smallest absolute Gasteiger partial charge is 0.0615 e. The fourth-order valence-corrected chi connectivity index (χ4v) is 0.265. The summed E-state index contributed by atoms with van der Waals surface area (Å²) in [5.74, 6) is 0. The molecule has 0 aliphatic heterocycles. The zero-order chi connectivity index (χ0) is 5.54. The molecule has 0 aliphatic carbocycles. The van der Waals surface area contributed by atoms with Crippen molar-refractivity contribution in [1.82, 2.24) is 0 Å². The minimum absolute atomic E-state index is 0.0707. The number of aliphatic hydroxyl groups excluding tert-OH is 1. The summed E-state index contributed by atoms with van der Waals surface area (Å²) in [5.41, 5.74) is 1.38. The van der Waals surface area contributed by atoms with Crippen molar-refractivity contribution in [3.8, 4) is 0 Å². The highest BCUT2D eigenvalue weighted by atomic mass is 35.5. The predicted octanol–water partition coefficient (Wildman–Crippen LogP) is 1.29. The van der Waals surface area contributed by atoms with Crippen molar-refractivity contribution in [3.05, 3.63) is 23.8 Å². The van der Waals surface area contributed by atoms with Gasteiger partial charge in [0.05, 0.1) is 6.61 Å².